The lowest BCUT2D eigenvalue weighted by atomic mass is 10.0. The molecule has 0 atom stereocenters. The van der Waals surface area contributed by atoms with E-state index in [1.807, 2.05) is 29.7 Å². The van der Waals surface area contributed by atoms with Crippen LogP contribution in [0.3, 0.4) is 0 Å². The van der Waals surface area contributed by atoms with Crippen molar-refractivity contribution in [3.05, 3.63) is 90.0 Å². The van der Waals surface area contributed by atoms with E-state index in [9.17, 15) is 14.0 Å². The van der Waals surface area contributed by atoms with Crippen LogP contribution in [0.5, 0.6) is 5.75 Å². The van der Waals surface area contributed by atoms with Gasteiger partial charge in [0, 0.05) is 42.5 Å². The van der Waals surface area contributed by atoms with Crippen molar-refractivity contribution in [3.8, 4) is 28.3 Å². The predicted octanol–water partition coefficient (Wildman–Crippen LogP) is 5.06. The Morgan fingerprint density at radius 1 is 1.02 bits per heavy atom. The normalized spacial score (nSPS) is 11.3. The lowest BCUT2D eigenvalue weighted by Crippen LogP contribution is -2.36. The molecular formula is C33H35FN8O4. The van der Waals surface area contributed by atoms with Crippen molar-refractivity contribution in [2.45, 2.75) is 39.8 Å². The van der Waals surface area contributed by atoms with E-state index < -0.39 is 23.4 Å². The van der Waals surface area contributed by atoms with Gasteiger partial charge in [-0.1, -0.05) is 0 Å². The first-order chi connectivity index (χ1) is 21.9. The monoisotopic (exact) mass is 626 g/mol. The van der Waals surface area contributed by atoms with Crippen LogP contribution in [0.1, 0.15) is 42.6 Å². The van der Waals surface area contributed by atoms with Gasteiger partial charge in [-0.2, -0.15) is 0 Å². The van der Waals surface area contributed by atoms with Gasteiger partial charge >= 0.3 is 6.09 Å². The fourth-order valence-electron chi connectivity index (χ4n) is 4.53. The molecule has 0 saturated carbocycles. The van der Waals surface area contributed by atoms with Crippen molar-refractivity contribution in [1.29, 1.82) is 0 Å². The fraction of sp³-hybridized carbons (Fsp3) is 0.273. The van der Waals surface area contributed by atoms with Crippen LogP contribution in [-0.2, 0) is 11.3 Å². The molecule has 3 N–H and O–H groups in total. The number of ether oxygens (including phenoxy) is 2. The maximum atomic E-state index is 13.7. The summed E-state index contributed by atoms with van der Waals surface area (Å²) in [4.78, 5) is 45.1. The van der Waals surface area contributed by atoms with Crippen LogP contribution >= 0.6 is 0 Å². The van der Waals surface area contributed by atoms with E-state index in [-0.39, 0.29) is 31.2 Å². The standard InChI is InChI=1S/C33H35FN8O4/c1-20-17-37-26-13-10-22(19-42(20)26)28-27(21-8-11-23(34)12-9-21)40-30(35)29(39-28)31(43)38-18-24-25(7-6-14-36-24)45-16-15-41(5)32(44)46-33(2,3)4/h6-14,17,19H,15-16,18H2,1-5H3,(H2,35,40)(H,38,43). The highest BCUT2D eigenvalue weighted by Crippen LogP contribution is 2.31. The molecule has 5 rings (SSSR count). The molecule has 0 saturated heterocycles. The molecule has 238 valence electrons. The van der Waals surface area contributed by atoms with E-state index in [0.717, 1.165) is 11.3 Å². The Hall–Kier alpha value is -5.59. The zero-order chi connectivity index (χ0) is 33.0. The van der Waals surface area contributed by atoms with Gasteiger partial charge in [-0.25, -0.2) is 24.1 Å². The number of pyridine rings is 2. The van der Waals surface area contributed by atoms with Gasteiger partial charge in [-0.3, -0.25) is 9.78 Å². The minimum absolute atomic E-state index is 0.00721. The number of nitrogen functional groups attached to an aromatic ring is 1. The Balaban J connectivity index is 1.36. The van der Waals surface area contributed by atoms with E-state index in [1.165, 1.54) is 17.0 Å². The number of nitrogens with zero attached hydrogens (tertiary/aromatic N) is 6. The molecule has 0 aliphatic rings. The van der Waals surface area contributed by atoms with E-state index >= 15 is 0 Å². The van der Waals surface area contributed by atoms with E-state index in [2.05, 4.69) is 25.3 Å². The molecule has 0 radical (unpaired) electrons. The predicted molar refractivity (Wildman–Crippen MR) is 171 cm³/mol. The number of carbonyl (C=O) groups excluding carboxylic acids is 2. The van der Waals surface area contributed by atoms with Crippen molar-refractivity contribution >= 4 is 23.5 Å². The van der Waals surface area contributed by atoms with Gasteiger partial charge in [0.25, 0.3) is 5.91 Å². The number of nitrogens with one attached hydrogen (secondary N) is 1. The Morgan fingerprint density at radius 2 is 1.74 bits per heavy atom. The number of fused-ring (bicyclic) bond motifs is 1. The topological polar surface area (TPSA) is 150 Å². The molecule has 2 amide bonds. The Morgan fingerprint density at radius 3 is 2.48 bits per heavy atom. The van der Waals surface area contributed by atoms with Gasteiger partial charge in [0.05, 0.1) is 24.5 Å². The second-order valence-corrected chi connectivity index (χ2v) is 11.6. The average Bonchev–Trinajstić information content (AvgIpc) is 3.39. The van der Waals surface area contributed by atoms with Crippen molar-refractivity contribution in [2.75, 3.05) is 25.9 Å². The summed E-state index contributed by atoms with van der Waals surface area (Å²) < 4.78 is 26.9. The summed E-state index contributed by atoms with van der Waals surface area (Å²) in [5, 5.41) is 2.81. The third-order valence-electron chi connectivity index (χ3n) is 6.87. The second-order valence-electron chi connectivity index (χ2n) is 11.6. The molecule has 0 aliphatic heterocycles. The number of hydrogen-bond acceptors (Lipinski definition) is 9. The van der Waals surface area contributed by atoms with E-state index in [1.54, 1.807) is 64.5 Å². The molecule has 4 aromatic heterocycles. The van der Waals surface area contributed by atoms with Gasteiger partial charge in [-0.05, 0) is 76.2 Å². The first-order valence-corrected chi connectivity index (χ1v) is 14.6. The smallest absolute Gasteiger partial charge is 0.410 e. The lowest BCUT2D eigenvalue weighted by Gasteiger charge is -2.24. The molecule has 46 heavy (non-hydrogen) atoms. The van der Waals surface area contributed by atoms with Gasteiger partial charge in [0.2, 0.25) is 0 Å². The van der Waals surface area contributed by atoms with Crippen molar-refractivity contribution in [2.24, 2.45) is 0 Å². The number of benzene rings is 1. The third-order valence-corrected chi connectivity index (χ3v) is 6.87. The molecule has 0 unspecified atom stereocenters. The summed E-state index contributed by atoms with van der Waals surface area (Å²) in [6.07, 6.45) is 4.73. The zero-order valence-electron chi connectivity index (χ0n) is 26.2. The molecule has 1 aromatic carbocycles. The number of aryl methyl sites for hydroxylation is 1. The summed E-state index contributed by atoms with van der Waals surface area (Å²) in [6.45, 7) is 7.77. The summed E-state index contributed by atoms with van der Waals surface area (Å²) >= 11 is 0. The molecule has 5 aromatic rings. The largest absolute Gasteiger partial charge is 0.490 e. The van der Waals surface area contributed by atoms with Crippen LogP contribution in [0.25, 0.3) is 28.2 Å². The Kier molecular flexibility index (Phi) is 9.12. The molecular weight excluding hydrogens is 591 g/mol. The molecule has 0 aliphatic carbocycles. The van der Waals surface area contributed by atoms with Crippen LogP contribution < -0.4 is 15.8 Å². The van der Waals surface area contributed by atoms with E-state index in [0.29, 0.717) is 34.0 Å². The number of anilines is 1. The molecule has 0 fully saturated rings. The maximum absolute atomic E-state index is 13.7. The van der Waals surface area contributed by atoms with Crippen LogP contribution in [0.15, 0.2) is 67.1 Å². The molecule has 13 heteroatoms. The third kappa shape index (κ3) is 7.37. The molecule has 0 spiro atoms. The van der Waals surface area contributed by atoms with Crippen LogP contribution in [-0.4, -0.2) is 67.0 Å². The number of amides is 2. The quantitative estimate of drug-likeness (QED) is 0.229. The Labute approximate surface area is 265 Å². The highest BCUT2D eigenvalue weighted by atomic mass is 19.1. The highest BCUT2D eigenvalue weighted by Gasteiger charge is 2.22. The number of likely N-dealkylation sites (N-methyl/N-ethyl adjacent to an activating group) is 1. The number of rotatable bonds is 9. The van der Waals surface area contributed by atoms with Crippen molar-refractivity contribution in [1.82, 2.24) is 34.6 Å². The first kappa shape index (κ1) is 31.8. The Bertz CT molecular complexity index is 1890. The number of aromatic nitrogens is 5. The average molecular weight is 627 g/mol. The summed E-state index contributed by atoms with van der Waals surface area (Å²) in [5.74, 6) is -0.623. The minimum Gasteiger partial charge on any atom is -0.490 e. The maximum Gasteiger partial charge on any atom is 0.410 e. The zero-order valence-corrected chi connectivity index (χ0v) is 26.2. The van der Waals surface area contributed by atoms with Gasteiger partial charge in [0.15, 0.2) is 11.5 Å². The number of hydrogen-bond donors (Lipinski definition) is 2. The summed E-state index contributed by atoms with van der Waals surface area (Å²) in [6, 6.07) is 12.9. The minimum atomic E-state index is -0.608. The molecule has 12 nitrogen and oxygen atoms in total. The van der Waals surface area contributed by atoms with Crippen LogP contribution in [0, 0.1) is 12.7 Å². The van der Waals surface area contributed by atoms with Crippen molar-refractivity contribution in [3.63, 3.8) is 0 Å². The van der Waals surface area contributed by atoms with Crippen LogP contribution in [0.4, 0.5) is 15.0 Å². The molecule has 0 bridgehead atoms. The fourth-order valence-corrected chi connectivity index (χ4v) is 4.53. The van der Waals surface area contributed by atoms with Gasteiger partial charge < -0.3 is 29.8 Å². The summed E-state index contributed by atoms with van der Waals surface area (Å²) in [5.41, 5.74) is 9.73. The highest BCUT2D eigenvalue weighted by molar-refractivity contribution is 5.98. The summed E-state index contributed by atoms with van der Waals surface area (Å²) in [7, 11) is 1.62. The number of halogens is 1. The van der Waals surface area contributed by atoms with Crippen molar-refractivity contribution < 1.29 is 23.5 Å². The van der Waals surface area contributed by atoms with Gasteiger partial charge in [0.1, 0.15) is 35.1 Å². The number of carbonyl (C=O) groups is 2. The van der Waals surface area contributed by atoms with E-state index in [4.69, 9.17) is 15.2 Å². The lowest BCUT2D eigenvalue weighted by molar-refractivity contribution is 0.0278. The van der Waals surface area contributed by atoms with Gasteiger partial charge in [-0.15, -0.1) is 0 Å². The number of nitrogens with two attached hydrogens (primary N) is 1. The first-order valence-electron chi connectivity index (χ1n) is 14.6. The van der Waals surface area contributed by atoms with Crippen LogP contribution in [0.2, 0.25) is 0 Å². The SMILES string of the molecule is Cc1cnc2ccc(-c3nc(C(=O)NCc4ncccc4OCCN(C)C(=O)OC(C)(C)C)c(N)nc3-c3ccc(F)cc3)cn12. The number of imidazole rings is 1. The second kappa shape index (κ2) is 13.2. The molecule has 4 heterocycles.